The number of aryl methyl sites for hydroxylation is 2. The number of nitrogens with two attached hydrogens (primary N) is 1. The Hall–Kier alpha value is -1.62. The molecule has 0 aliphatic carbocycles. The fourth-order valence-corrected chi connectivity index (χ4v) is 2.01. The molecule has 5 nitrogen and oxygen atoms in total. The highest BCUT2D eigenvalue weighted by Gasteiger charge is 2.15. The first-order valence-electron chi connectivity index (χ1n) is 5.85. The van der Waals surface area contributed by atoms with Crippen LogP contribution in [0.4, 0.5) is 0 Å². The SMILES string of the molecule is CCC(N)c1ncc(-c2c(C)nn(C)c2C)[nH]1. The Morgan fingerprint density at radius 3 is 2.71 bits per heavy atom. The summed E-state index contributed by atoms with van der Waals surface area (Å²) in [6, 6.07) is -0.0268. The molecule has 1 atom stereocenters. The molecule has 2 heterocycles. The fraction of sp³-hybridized carbons (Fsp3) is 0.500. The minimum Gasteiger partial charge on any atom is -0.341 e. The molecule has 17 heavy (non-hydrogen) atoms. The van der Waals surface area contributed by atoms with E-state index in [0.717, 1.165) is 34.9 Å². The van der Waals surface area contributed by atoms with Crippen LogP contribution in [0, 0.1) is 13.8 Å². The highest BCUT2D eigenvalue weighted by Crippen LogP contribution is 2.25. The van der Waals surface area contributed by atoms with Gasteiger partial charge in [-0.05, 0) is 20.3 Å². The molecule has 0 amide bonds. The zero-order chi connectivity index (χ0) is 12.6. The highest BCUT2D eigenvalue weighted by atomic mass is 15.3. The maximum absolute atomic E-state index is 5.95. The van der Waals surface area contributed by atoms with Gasteiger partial charge in [0.05, 0.1) is 23.6 Å². The lowest BCUT2D eigenvalue weighted by molar-refractivity contribution is 0.658. The van der Waals surface area contributed by atoms with E-state index in [9.17, 15) is 0 Å². The first-order valence-corrected chi connectivity index (χ1v) is 5.85. The molecule has 2 rings (SSSR count). The molecule has 0 saturated heterocycles. The summed E-state index contributed by atoms with van der Waals surface area (Å²) in [7, 11) is 1.95. The van der Waals surface area contributed by atoms with Crippen LogP contribution < -0.4 is 5.73 Å². The maximum atomic E-state index is 5.95. The van der Waals surface area contributed by atoms with Crippen LogP contribution in [0.1, 0.15) is 36.6 Å². The van der Waals surface area contributed by atoms with E-state index in [1.54, 1.807) is 0 Å². The molecule has 0 saturated carbocycles. The number of imidazole rings is 1. The van der Waals surface area contributed by atoms with Gasteiger partial charge in [-0.25, -0.2) is 4.98 Å². The van der Waals surface area contributed by atoms with Crippen molar-refractivity contribution < 1.29 is 0 Å². The second-order valence-corrected chi connectivity index (χ2v) is 4.37. The Morgan fingerprint density at radius 2 is 2.18 bits per heavy atom. The fourth-order valence-electron chi connectivity index (χ4n) is 2.01. The van der Waals surface area contributed by atoms with Gasteiger partial charge < -0.3 is 10.7 Å². The number of nitrogens with one attached hydrogen (secondary N) is 1. The Bertz CT molecular complexity index is 523. The van der Waals surface area contributed by atoms with Crippen molar-refractivity contribution in [2.24, 2.45) is 12.8 Å². The summed E-state index contributed by atoms with van der Waals surface area (Å²) >= 11 is 0. The summed E-state index contributed by atoms with van der Waals surface area (Å²) in [5.41, 5.74) is 10.2. The van der Waals surface area contributed by atoms with E-state index in [4.69, 9.17) is 5.73 Å². The van der Waals surface area contributed by atoms with Crippen LogP contribution in [0.3, 0.4) is 0 Å². The Kier molecular flexibility index (Phi) is 3.02. The molecule has 3 N–H and O–H groups in total. The molecular formula is C12H19N5. The molecule has 2 aromatic heterocycles. The quantitative estimate of drug-likeness (QED) is 0.849. The van der Waals surface area contributed by atoms with Gasteiger partial charge in [0.2, 0.25) is 0 Å². The number of hydrogen-bond acceptors (Lipinski definition) is 3. The molecule has 0 fully saturated rings. The summed E-state index contributed by atoms with van der Waals surface area (Å²) in [6.45, 7) is 6.10. The first-order chi connectivity index (χ1) is 8.04. The summed E-state index contributed by atoms with van der Waals surface area (Å²) in [5, 5.41) is 4.40. The van der Waals surface area contributed by atoms with Crippen LogP contribution in [0.15, 0.2) is 6.20 Å². The summed E-state index contributed by atoms with van der Waals surface area (Å²) in [4.78, 5) is 7.62. The average Bonchev–Trinajstić information content (AvgIpc) is 2.85. The van der Waals surface area contributed by atoms with Crippen LogP contribution in [0.25, 0.3) is 11.3 Å². The van der Waals surface area contributed by atoms with Gasteiger partial charge in [0.1, 0.15) is 5.82 Å². The molecule has 0 spiro atoms. The lowest BCUT2D eigenvalue weighted by atomic mass is 10.1. The van der Waals surface area contributed by atoms with Gasteiger partial charge in [-0.1, -0.05) is 6.92 Å². The van der Waals surface area contributed by atoms with Crippen molar-refractivity contribution in [3.63, 3.8) is 0 Å². The van der Waals surface area contributed by atoms with Crippen LogP contribution in [0.2, 0.25) is 0 Å². The van der Waals surface area contributed by atoms with E-state index in [0.29, 0.717) is 0 Å². The normalized spacial score (nSPS) is 13.0. The summed E-state index contributed by atoms with van der Waals surface area (Å²) in [6.07, 6.45) is 2.71. The molecule has 2 aromatic rings. The Morgan fingerprint density at radius 1 is 1.47 bits per heavy atom. The van der Waals surface area contributed by atoms with Crippen LogP contribution in [-0.2, 0) is 7.05 Å². The van der Waals surface area contributed by atoms with Crippen molar-refractivity contribution in [1.29, 1.82) is 0 Å². The molecule has 0 aliphatic heterocycles. The van der Waals surface area contributed by atoms with Gasteiger partial charge in [0, 0.05) is 18.3 Å². The van der Waals surface area contributed by atoms with Crippen molar-refractivity contribution in [3.05, 3.63) is 23.4 Å². The van der Waals surface area contributed by atoms with Crippen molar-refractivity contribution >= 4 is 0 Å². The van der Waals surface area contributed by atoms with Gasteiger partial charge in [-0.2, -0.15) is 5.10 Å². The van der Waals surface area contributed by atoms with E-state index < -0.39 is 0 Å². The van der Waals surface area contributed by atoms with E-state index in [-0.39, 0.29) is 6.04 Å². The minimum absolute atomic E-state index is 0.0268. The average molecular weight is 233 g/mol. The van der Waals surface area contributed by atoms with Crippen LogP contribution in [0.5, 0.6) is 0 Å². The Balaban J connectivity index is 2.43. The molecule has 0 aliphatic rings. The smallest absolute Gasteiger partial charge is 0.123 e. The second kappa shape index (κ2) is 4.33. The van der Waals surface area contributed by atoms with Gasteiger partial charge in [0.15, 0.2) is 0 Å². The standard InChI is InChI=1S/C12H19N5/c1-5-9(13)12-14-6-10(15-12)11-7(2)16-17(4)8(11)3/h6,9H,5,13H2,1-4H3,(H,14,15). The van der Waals surface area contributed by atoms with Crippen LogP contribution >= 0.6 is 0 Å². The third-order valence-electron chi connectivity index (χ3n) is 3.16. The van der Waals surface area contributed by atoms with Crippen LogP contribution in [-0.4, -0.2) is 19.7 Å². The number of H-pyrrole nitrogens is 1. The van der Waals surface area contributed by atoms with Crippen molar-refractivity contribution in [1.82, 2.24) is 19.7 Å². The molecule has 5 heteroatoms. The predicted octanol–water partition coefficient (Wildman–Crippen LogP) is 1.84. The van der Waals surface area contributed by atoms with E-state index in [2.05, 4.69) is 22.0 Å². The summed E-state index contributed by atoms with van der Waals surface area (Å²) < 4.78 is 1.88. The molecule has 1 unspecified atom stereocenters. The lowest BCUT2D eigenvalue weighted by Crippen LogP contribution is -2.10. The van der Waals surface area contributed by atoms with Gasteiger partial charge in [-0.15, -0.1) is 0 Å². The molecule has 92 valence electrons. The zero-order valence-electron chi connectivity index (χ0n) is 10.8. The Labute approximate surface area is 101 Å². The second-order valence-electron chi connectivity index (χ2n) is 4.37. The van der Waals surface area contributed by atoms with Gasteiger partial charge in [-0.3, -0.25) is 4.68 Å². The van der Waals surface area contributed by atoms with Gasteiger partial charge >= 0.3 is 0 Å². The van der Waals surface area contributed by atoms with E-state index in [1.165, 1.54) is 0 Å². The zero-order valence-corrected chi connectivity index (χ0v) is 10.8. The number of rotatable bonds is 3. The largest absolute Gasteiger partial charge is 0.341 e. The third-order valence-corrected chi connectivity index (χ3v) is 3.16. The first kappa shape index (κ1) is 11.9. The number of hydrogen-bond donors (Lipinski definition) is 2. The molecular weight excluding hydrogens is 214 g/mol. The van der Waals surface area contributed by atoms with Gasteiger partial charge in [0.25, 0.3) is 0 Å². The van der Waals surface area contributed by atoms with E-state index >= 15 is 0 Å². The lowest BCUT2D eigenvalue weighted by Gasteiger charge is -2.03. The van der Waals surface area contributed by atoms with Crippen molar-refractivity contribution in [2.45, 2.75) is 33.2 Å². The number of aromatic nitrogens is 4. The van der Waals surface area contributed by atoms with E-state index in [1.807, 2.05) is 31.8 Å². The number of nitrogens with zero attached hydrogens (tertiary/aromatic N) is 3. The number of aromatic amines is 1. The minimum atomic E-state index is -0.0268. The van der Waals surface area contributed by atoms with Crippen molar-refractivity contribution in [2.75, 3.05) is 0 Å². The topological polar surface area (TPSA) is 72.5 Å². The molecule has 0 aromatic carbocycles. The third kappa shape index (κ3) is 1.98. The molecule has 0 bridgehead atoms. The molecule has 0 radical (unpaired) electrons. The summed E-state index contributed by atoms with van der Waals surface area (Å²) in [5.74, 6) is 0.838. The van der Waals surface area contributed by atoms with Crippen molar-refractivity contribution in [3.8, 4) is 11.3 Å². The monoisotopic (exact) mass is 233 g/mol. The predicted molar refractivity (Wildman–Crippen MR) is 67.5 cm³/mol. The highest BCUT2D eigenvalue weighted by molar-refractivity contribution is 5.64. The maximum Gasteiger partial charge on any atom is 0.123 e.